The number of rotatable bonds is 4. The summed E-state index contributed by atoms with van der Waals surface area (Å²) in [5, 5.41) is 20.1. The molecule has 3 N–H and O–H groups in total. The third kappa shape index (κ3) is 5.52. The second-order valence-corrected chi connectivity index (χ2v) is 9.34. The molecule has 1 amide bonds. The monoisotopic (exact) mass is 476 g/mol. The average molecular weight is 477 g/mol. The summed E-state index contributed by atoms with van der Waals surface area (Å²) in [6, 6.07) is 12.6. The number of thioether (sulfide) groups is 1. The first-order chi connectivity index (χ1) is 14.9. The molecule has 2 aromatic carbocycles. The van der Waals surface area contributed by atoms with Crippen molar-refractivity contribution < 1.29 is 19.7 Å². The quantitative estimate of drug-likeness (QED) is 0.454. The Morgan fingerprint density at radius 3 is 2.45 bits per heavy atom. The summed E-state index contributed by atoms with van der Waals surface area (Å²) in [6.07, 6.45) is 1.79. The number of piperazine rings is 1. The van der Waals surface area contributed by atoms with E-state index in [1.807, 2.05) is 18.2 Å². The van der Waals surface area contributed by atoms with Crippen LogP contribution < -0.4 is 10.4 Å². The van der Waals surface area contributed by atoms with Gasteiger partial charge in [-0.2, -0.15) is 4.99 Å². The Labute approximate surface area is 195 Å². The van der Waals surface area contributed by atoms with Gasteiger partial charge < -0.3 is 19.8 Å². The van der Waals surface area contributed by atoms with Crippen LogP contribution in [0.25, 0.3) is 6.08 Å². The number of hydrogen-bond donors (Lipinski definition) is 3. The number of carbonyl (C=O) groups is 1. The molecule has 0 aromatic heterocycles. The molecular weight excluding hydrogens is 456 g/mol. The normalized spacial score (nSPS) is 18.6. The first-order valence-corrected chi connectivity index (χ1v) is 11.5. The summed E-state index contributed by atoms with van der Waals surface area (Å²) in [5.74, 6) is -0.230. The number of hydrogen-bond acceptors (Lipinski definition) is 5. The molecule has 0 saturated carbocycles. The number of nitrogens with zero attached hydrogens (tertiary/aromatic N) is 2. The zero-order chi connectivity index (χ0) is 22.0. The number of amides is 1. The van der Waals surface area contributed by atoms with Crippen molar-refractivity contribution in [2.75, 3.05) is 26.2 Å². The highest BCUT2D eigenvalue weighted by Crippen LogP contribution is 2.31. The molecule has 2 heterocycles. The molecule has 4 rings (SSSR count). The van der Waals surface area contributed by atoms with Gasteiger partial charge in [0.15, 0.2) is 5.17 Å². The molecule has 10 heteroatoms. The van der Waals surface area contributed by atoms with E-state index in [0.29, 0.717) is 20.4 Å². The van der Waals surface area contributed by atoms with Crippen LogP contribution in [-0.2, 0) is 11.3 Å². The van der Waals surface area contributed by atoms with E-state index in [0.717, 1.165) is 49.0 Å². The second-order valence-electron chi connectivity index (χ2n) is 7.51. The molecule has 6 nitrogen and oxygen atoms in total. The molecule has 1 saturated heterocycles. The Hall–Kier alpha value is -1.81. The van der Waals surface area contributed by atoms with E-state index in [1.54, 1.807) is 30.3 Å². The standard InChI is InChI=1S/C21H20BCl2N3O3S/c23-17-6-3-15(11-18(17)24)12-19-20(28)25-21(31-19)27-9-7-26(8-10-27)13-14-1-4-16(5-2-14)22(29)30/h1-6,11-12,29-30H,7-10,13H2/p+1/b19-12-. The van der Waals surface area contributed by atoms with Crippen molar-refractivity contribution in [2.24, 2.45) is 4.99 Å². The van der Waals surface area contributed by atoms with Crippen LogP contribution in [0.4, 0.5) is 0 Å². The van der Waals surface area contributed by atoms with Crippen LogP contribution in [0.5, 0.6) is 0 Å². The summed E-state index contributed by atoms with van der Waals surface area (Å²) in [6.45, 7) is 4.38. The largest absolute Gasteiger partial charge is 0.488 e. The van der Waals surface area contributed by atoms with Gasteiger partial charge in [-0.25, -0.2) is 0 Å². The van der Waals surface area contributed by atoms with Crippen molar-refractivity contribution in [3.05, 3.63) is 68.5 Å². The third-order valence-electron chi connectivity index (χ3n) is 5.32. The first kappa shape index (κ1) is 22.4. The van der Waals surface area contributed by atoms with Crippen LogP contribution in [0.2, 0.25) is 10.0 Å². The molecule has 2 aliphatic heterocycles. The molecule has 0 spiro atoms. The number of halogens is 2. The van der Waals surface area contributed by atoms with Gasteiger partial charge >= 0.3 is 7.12 Å². The molecule has 2 aromatic rings. The van der Waals surface area contributed by atoms with E-state index in [4.69, 9.17) is 23.2 Å². The highest BCUT2D eigenvalue weighted by molar-refractivity contribution is 8.18. The lowest BCUT2D eigenvalue weighted by Gasteiger charge is -2.32. The highest BCUT2D eigenvalue weighted by atomic mass is 35.5. The number of carbonyl (C=O) groups excluding carboxylic acids is 1. The van der Waals surface area contributed by atoms with E-state index in [-0.39, 0.29) is 5.91 Å². The summed E-state index contributed by atoms with van der Waals surface area (Å²) in [4.78, 5) is 20.8. The van der Waals surface area contributed by atoms with E-state index in [2.05, 4.69) is 9.89 Å². The summed E-state index contributed by atoms with van der Waals surface area (Å²) in [5.41, 5.74) is 2.47. The zero-order valence-corrected chi connectivity index (χ0v) is 18.9. The Morgan fingerprint density at radius 1 is 1.10 bits per heavy atom. The summed E-state index contributed by atoms with van der Waals surface area (Å²) < 4.78 is 0. The van der Waals surface area contributed by atoms with Crippen molar-refractivity contribution in [3.8, 4) is 0 Å². The van der Waals surface area contributed by atoms with E-state index < -0.39 is 7.12 Å². The molecule has 0 aliphatic carbocycles. The lowest BCUT2D eigenvalue weighted by molar-refractivity contribution is -0.917. The summed E-state index contributed by atoms with van der Waals surface area (Å²) >= 11 is 13.4. The van der Waals surface area contributed by atoms with E-state index in [1.165, 1.54) is 16.7 Å². The fraction of sp³-hybridized carbons (Fsp3) is 0.238. The van der Waals surface area contributed by atoms with Crippen molar-refractivity contribution in [3.63, 3.8) is 0 Å². The molecule has 1 fully saturated rings. The van der Waals surface area contributed by atoms with Gasteiger partial charge in [0, 0.05) is 5.56 Å². The highest BCUT2D eigenvalue weighted by Gasteiger charge is 2.29. The zero-order valence-electron chi connectivity index (χ0n) is 16.6. The predicted octanol–water partition coefficient (Wildman–Crippen LogP) is 1.04. The van der Waals surface area contributed by atoms with Crippen molar-refractivity contribution in [1.29, 1.82) is 0 Å². The van der Waals surface area contributed by atoms with Crippen LogP contribution in [0.15, 0.2) is 52.4 Å². The Kier molecular flexibility index (Phi) is 7.06. The third-order valence-corrected chi connectivity index (χ3v) is 7.11. The lowest BCUT2D eigenvalue weighted by atomic mass is 9.80. The van der Waals surface area contributed by atoms with Crippen LogP contribution in [0, 0.1) is 0 Å². The molecule has 0 atom stereocenters. The van der Waals surface area contributed by atoms with Crippen LogP contribution in [0.1, 0.15) is 11.1 Å². The maximum Gasteiger partial charge on any atom is 0.488 e. The van der Waals surface area contributed by atoms with Gasteiger partial charge in [-0.05, 0) is 41.0 Å². The van der Waals surface area contributed by atoms with Gasteiger partial charge in [-0.15, -0.1) is 0 Å². The molecule has 0 radical (unpaired) electrons. The minimum Gasteiger partial charge on any atom is -0.423 e. The number of aliphatic imine (C=N–C) groups is 1. The summed E-state index contributed by atoms with van der Waals surface area (Å²) in [7, 11) is -1.44. The Morgan fingerprint density at radius 2 is 1.81 bits per heavy atom. The number of amidine groups is 1. The first-order valence-electron chi connectivity index (χ1n) is 9.90. The lowest BCUT2D eigenvalue weighted by Crippen LogP contribution is -3.13. The van der Waals surface area contributed by atoms with Gasteiger partial charge in [-0.1, -0.05) is 53.5 Å². The smallest absolute Gasteiger partial charge is 0.423 e. The Bertz CT molecular complexity index is 1040. The van der Waals surface area contributed by atoms with Gasteiger partial charge in [0.25, 0.3) is 5.91 Å². The van der Waals surface area contributed by atoms with Crippen LogP contribution in [0.3, 0.4) is 0 Å². The molecular formula is C21H21BCl2N3O3S+. The Balaban J connectivity index is 1.32. The number of nitrogens with one attached hydrogen (secondary N) is 1. The predicted molar refractivity (Wildman–Crippen MR) is 127 cm³/mol. The van der Waals surface area contributed by atoms with Gasteiger partial charge in [-0.3, -0.25) is 4.79 Å². The fourth-order valence-electron chi connectivity index (χ4n) is 3.57. The fourth-order valence-corrected chi connectivity index (χ4v) is 4.85. The SMILES string of the molecule is O=C1N=C(N2CC[NH+](Cc3ccc(B(O)O)cc3)CC2)S/C1=C\c1ccc(Cl)c(Cl)c1. The molecule has 0 bridgehead atoms. The van der Waals surface area contributed by atoms with Crippen LogP contribution in [-0.4, -0.2) is 59.3 Å². The van der Waals surface area contributed by atoms with Gasteiger partial charge in [0.1, 0.15) is 6.54 Å². The number of quaternary nitrogens is 1. The average Bonchev–Trinajstić information content (AvgIpc) is 3.12. The second kappa shape index (κ2) is 9.77. The maximum absolute atomic E-state index is 12.4. The molecule has 31 heavy (non-hydrogen) atoms. The number of benzene rings is 2. The van der Waals surface area contributed by atoms with Gasteiger partial charge in [0.05, 0.1) is 41.1 Å². The van der Waals surface area contributed by atoms with Gasteiger partial charge in [0.2, 0.25) is 0 Å². The van der Waals surface area contributed by atoms with E-state index in [9.17, 15) is 14.8 Å². The van der Waals surface area contributed by atoms with Crippen molar-refractivity contribution >= 4 is 64.7 Å². The molecule has 0 unspecified atom stereocenters. The topological polar surface area (TPSA) is 77.6 Å². The van der Waals surface area contributed by atoms with Crippen molar-refractivity contribution in [2.45, 2.75) is 6.54 Å². The maximum atomic E-state index is 12.4. The van der Waals surface area contributed by atoms with Crippen LogP contribution >= 0.6 is 35.0 Å². The molecule has 160 valence electrons. The molecule has 2 aliphatic rings. The minimum absolute atomic E-state index is 0.230. The van der Waals surface area contributed by atoms with E-state index >= 15 is 0 Å². The van der Waals surface area contributed by atoms with Crippen molar-refractivity contribution in [1.82, 2.24) is 4.90 Å². The minimum atomic E-state index is -1.44.